The fourth-order valence-corrected chi connectivity index (χ4v) is 5.43. The van der Waals surface area contributed by atoms with E-state index in [2.05, 4.69) is 42.3 Å². The van der Waals surface area contributed by atoms with E-state index >= 15 is 0 Å². The quantitative estimate of drug-likeness (QED) is 0.702. The predicted molar refractivity (Wildman–Crippen MR) is 119 cm³/mol. The van der Waals surface area contributed by atoms with Gasteiger partial charge in [-0.15, -0.1) is 0 Å². The predicted octanol–water partition coefficient (Wildman–Crippen LogP) is 3.82. The number of likely N-dealkylation sites (N-methyl/N-ethyl adjacent to an activating group) is 1. The standard InChI is InChI=1S/C23H29N3O2S/c1-17(16-29-3)25-12-10-23(11-13-25)21(27)26(22(28)24(23)2)15-18-8-9-19-6-4-5-7-20(19)14-18/h4-9,14,17H,10-13,15-16H2,1-3H3. The number of piperidine rings is 1. The van der Waals surface area contributed by atoms with Crippen molar-refractivity contribution in [3.63, 3.8) is 0 Å². The van der Waals surface area contributed by atoms with Crippen LogP contribution >= 0.6 is 11.8 Å². The molecule has 2 aromatic rings. The summed E-state index contributed by atoms with van der Waals surface area (Å²) < 4.78 is 0. The highest BCUT2D eigenvalue weighted by Crippen LogP contribution is 2.37. The van der Waals surface area contributed by atoms with Crippen molar-refractivity contribution in [2.45, 2.75) is 37.9 Å². The van der Waals surface area contributed by atoms with E-state index in [1.54, 1.807) is 11.9 Å². The lowest BCUT2D eigenvalue weighted by Gasteiger charge is -2.42. The zero-order valence-corrected chi connectivity index (χ0v) is 18.2. The van der Waals surface area contributed by atoms with E-state index in [4.69, 9.17) is 0 Å². The van der Waals surface area contributed by atoms with E-state index in [1.165, 1.54) is 4.90 Å². The number of hydrogen-bond acceptors (Lipinski definition) is 4. The van der Waals surface area contributed by atoms with Crippen molar-refractivity contribution >= 4 is 34.5 Å². The van der Waals surface area contributed by atoms with Crippen molar-refractivity contribution in [3.8, 4) is 0 Å². The number of urea groups is 1. The molecule has 1 spiro atoms. The largest absolute Gasteiger partial charge is 0.327 e. The van der Waals surface area contributed by atoms with Crippen molar-refractivity contribution in [2.24, 2.45) is 0 Å². The number of carbonyl (C=O) groups excluding carboxylic acids is 2. The maximum Gasteiger partial charge on any atom is 0.327 e. The van der Waals surface area contributed by atoms with Gasteiger partial charge in [0.1, 0.15) is 5.54 Å². The Bertz CT molecular complexity index is 923. The number of fused-ring (bicyclic) bond motifs is 1. The van der Waals surface area contributed by atoms with E-state index in [0.717, 1.165) is 35.2 Å². The number of likely N-dealkylation sites (tertiary alicyclic amines) is 1. The number of amides is 3. The Hall–Kier alpha value is -2.05. The van der Waals surface area contributed by atoms with Crippen molar-refractivity contribution in [1.29, 1.82) is 0 Å². The maximum atomic E-state index is 13.4. The van der Waals surface area contributed by atoms with Crippen LogP contribution in [0.5, 0.6) is 0 Å². The summed E-state index contributed by atoms with van der Waals surface area (Å²) in [6, 6.07) is 14.6. The van der Waals surface area contributed by atoms with Crippen molar-refractivity contribution in [1.82, 2.24) is 14.7 Å². The van der Waals surface area contributed by atoms with Crippen LogP contribution in [0.2, 0.25) is 0 Å². The topological polar surface area (TPSA) is 43.9 Å². The first-order valence-corrected chi connectivity index (χ1v) is 11.7. The lowest BCUT2D eigenvalue weighted by molar-refractivity contribution is -0.135. The summed E-state index contributed by atoms with van der Waals surface area (Å²) in [5.41, 5.74) is 0.311. The Morgan fingerprint density at radius 1 is 1.07 bits per heavy atom. The third-order valence-corrected chi connectivity index (χ3v) is 7.43. The van der Waals surface area contributed by atoms with E-state index in [9.17, 15) is 9.59 Å². The Morgan fingerprint density at radius 3 is 2.45 bits per heavy atom. The molecule has 2 saturated heterocycles. The van der Waals surface area contributed by atoms with Crippen LogP contribution in [-0.2, 0) is 11.3 Å². The number of nitrogens with zero attached hydrogens (tertiary/aromatic N) is 3. The van der Waals surface area contributed by atoms with Crippen LogP contribution in [-0.4, -0.2) is 70.4 Å². The first kappa shape index (κ1) is 20.2. The first-order valence-electron chi connectivity index (χ1n) is 10.3. The normalized spacial score (nSPS) is 20.8. The van der Waals surface area contributed by atoms with Crippen molar-refractivity contribution in [3.05, 3.63) is 48.0 Å². The number of thioether (sulfide) groups is 1. The molecule has 0 radical (unpaired) electrons. The minimum atomic E-state index is -0.677. The molecule has 154 valence electrons. The molecule has 6 heteroatoms. The summed E-state index contributed by atoms with van der Waals surface area (Å²) in [5.74, 6) is 1.06. The number of hydrogen-bond donors (Lipinski definition) is 0. The second-order valence-corrected chi connectivity index (χ2v) is 9.20. The smallest absolute Gasteiger partial charge is 0.312 e. The molecule has 2 heterocycles. The molecule has 1 unspecified atom stereocenters. The molecule has 5 nitrogen and oxygen atoms in total. The second-order valence-electron chi connectivity index (χ2n) is 8.29. The maximum absolute atomic E-state index is 13.4. The van der Waals surface area contributed by atoms with Gasteiger partial charge in [-0.05, 0) is 48.4 Å². The highest BCUT2D eigenvalue weighted by molar-refractivity contribution is 7.98. The molecule has 0 N–H and O–H groups in total. The Labute approximate surface area is 177 Å². The van der Waals surface area contributed by atoms with Crippen LogP contribution in [0.15, 0.2) is 42.5 Å². The molecule has 2 fully saturated rings. The van der Waals surface area contributed by atoms with Gasteiger partial charge in [-0.25, -0.2) is 4.79 Å². The van der Waals surface area contributed by atoms with Gasteiger partial charge in [-0.2, -0.15) is 11.8 Å². The number of benzene rings is 2. The van der Waals surface area contributed by atoms with E-state index < -0.39 is 5.54 Å². The summed E-state index contributed by atoms with van der Waals surface area (Å²) in [6.45, 7) is 4.29. The van der Waals surface area contributed by atoms with Gasteiger partial charge in [0, 0.05) is 31.9 Å². The summed E-state index contributed by atoms with van der Waals surface area (Å²) >= 11 is 1.85. The van der Waals surface area contributed by atoms with Gasteiger partial charge >= 0.3 is 6.03 Å². The summed E-state index contributed by atoms with van der Waals surface area (Å²) in [6.07, 6.45) is 3.54. The highest BCUT2D eigenvalue weighted by atomic mass is 32.2. The van der Waals surface area contributed by atoms with Gasteiger partial charge in [0.15, 0.2) is 0 Å². The minimum absolute atomic E-state index is 0.0321. The Balaban J connectivity index is 1.51. The lowest BCUT2D eigenvalue weighted by Crippen LogP contribution is -2.56. The fraction of sp³-hybridized carbons (Fsp3) is 0.478. The van der Waals surface area contributed by atoms with Crippen LogP contribution in [0.25, 0.3) is 10.8 Å². The van der Waals surface area contributed by atoms with Crippen LogP contribution < -0.4 is 0 Å². The Morgan fingerprint density at radius 2 is 1.76 bits per heavy atom. The van der Waals surface area contributed by atoms with Crippen LogP contribution in [0.4, 0.5) is 4.79 Å². The van der Waals surface area contributed by atoms with Gasteiger partial charge in [-0.1, -0.05) is 36.4 Å². The van der Waals surface area contributed by atoms with E-state index in [-0.39, 0.29) is 11.9 Å². The molecule has 2 aliphatic rings. The fourth-order valence-electron chi connectivity index (χ4n) is 4.74. The number of carbonyl (C=O) groups is 2. The first-order chi connectivity index (χ1) is 14.0. The van der Waals surface area contributed by atoms with Gasteiger partial charge in [-0.3, -0.25) is 14.6 Å². The van der Waals surface area contributed by atoms with Gasteiger partial charge in [0.05, 0.1) is 6.54 Å². The molecule has 29 heavy (non-hydrogen) atoms. The zero-order chi connectivity index (χ0) is 20.6. The summed E-state index contributed by atoms with van der Waals surface area (Å²) in [7, 11) is 1.79. The average Bonchev–Trinajstić information content (AvgIpc) is 2.90. The third kappa shape index (κ3) is 3.53. The Kier molecular flexibility index (Phi) is 5.58. The highest BCUT2D eigenvalue weighted by Gasteiger charge is 2.56. The molecular weight excluding hydrogens is 382 g/mol. The molecule has 0 aromatic heterocycles. The van der Waals surface area contributed by atoms with Gasteiger partial charge in [0.25, 0.3) is 5.91 Å². The molecule has 2 aliphatic heterocycles. The minimum Gasteiger partial charge on any atom is -0.312 e. The monoisotopic (exact) mass is 411 g/mol. The number of rotatable bonds is 5. The van der Waals surface area contributed by atoms with Crippen LogP contribution in [0.3, 0.4) is 0 Å². The van der Waals surface area contributed by atoms with Crippen molar-refractivity contribution < 1.29 is 9.59 Å². The molecule has 0 bridgehead atoms. The van der Waals surface area contributed by atoms with Gasteiger partial charge in [0.2, 0.25) is 0 Å². The number of imide groups is 1. The SMILES string of the molecule is CSCC(C)N1CCC2(CC1)C(=O)N(Cc1ccc3ccccc3c1)C(=O)N2C. The third-order valence-electron chi connectivity index (χ3n) is 6.61. The molecule has 3 amide bonds. The van der Waals surface area contributed by atoms with Crippen molar-refractivity contribution in [2.75, 3.05) is 32.1 Å². The molecule has 0 aliphatic carbocycles. The van der Waals surface area contributed by atoms with Crippen LogP contribution in [0, 0.1) is 0 Å². The van der Waals surface area contributed by atoms with E-state index in [1.807, 2.05) is 30.0 Å². The second kappa shape index (κ2) is 8.00. The molecule has 1 atom stereocenters. The lowest BCUT2D eigenvalue weighted by atomic mass is 9.85. The molecular formula is C23H29N3O2S. The zero-order valence-electron chi connectivity index (χ0n) is 17.4. The summed E-state index contributed by atoms with van der Waals surface area (Å²) in [4.78, 5) is 32.0. The molecule has 2 aromatic carbocycles. The summed E-state index contributed by atoms with van der Waals surface area (Å²) in [5, 5.41) is 2.29. The molecule has 0 saturated carbocycles. The van der Waals surface area contributed by atoms with E-state index in [0.29, 0.717) is 25.4 Å². The average molecular weight is 412 g/mol. The molecule has 4 rings (SSSR count). The van der Waals surface area contributed by atoms with Crippen LogP contribution in [0.1, 0.15) is 25.3 Å². The van der Waals surface area contributed by atoms with Gasteiger partial charge < -0.3 is 4.90 Å².